The zero-order valence-corrected chi connectivity index (χ0v) is 20.7. The van der Waals surface area contributed by atoms with Gasteiger partial charge in [-0.25, -0.2) is 4.79 Å². The van der Waals surface area contributed by atoms with Crippen LogP contribution >= 0.6 is 23.4 Å². The maximum atomic E-state index is 12.2. The summed E-state index contributed by atoms with van der Waals surface area (Å²) in [5.41, 5.74) is 2.00. The predicted molar refractivity (Wildman–Crippen MR) is 122 cm³/mol. The van der Waals surface area contributed by atoms with E-state index >= 15 is 0 Å². The van der Waals surface area contributed by atoms with E-state index in [-0.39, 0.29) is 22.9 Å². The van der Waals surface area contributed by atoms with E-state index in [1.807, 2.05) is 5.32 Å². The zero-order chi connectivity index (χ0) is 25.1. The van der Waals surface area contributed by atoms with Crippen molar-refractivity contribution in [2.45, 2.75) is 30.6 Å². The molecule has 0 fully saturated rings. The van der Waals surface area contributed by atoms with Crippen molar-refractivity contribution in [2.75, 3.05) is 16.8 Å². The Kier molecular flexibility index (Phi) is 12.1. The molecule has 3 atom stereocenters. The molecule has 0 saturated carbocycles. The number of carbonyl (C=O) groups excluding carboxylic acids is 2. The number of rotatable bonds is 13. The van der Waals surface area contributed by atoms with Gasteiger partial charge in [-0.05, 0) is 6.42 Å². The van der Waals surface area contributed by atoms with E-state index in [2.05, 4.69) is 10.6 Å². The third kappa shape index (κ3) is 10.8. The molecule has 15 heteroatoms. The summed E-state index contributed by atoms with van der Waals surface area (Å²) in [7, 11) is 0. The third-order valence-electron chi connectivity index (χ3n) is 3.97. The van der Waals surface area contributed by atoms with Gasteiger partial charge < -0.3 is 10.2 Å². The van der Waals surface area contributed by atoms with Crippen molar-refractivity contribution in [3.63, 3.8) is 0 Å². The Labute approximate surface area is 202 Å². The number of halogens is 1. The first-order chi connectivity index (χ1) is 15.4. The molecule has 0 spiro atoms. The van der Waals surface area contributed by atoms with Crippen LogP contribution in [0.15, 0.2) is 18.2 Å². The van der Waals surface area contributed by atoms with Gasteiger partial charge in [0.2, 0.25) is 0 Å². The van der Waals surface area contributed by atoms with Gasteiger partial charge in [-0.3, -0.25) is 4.79 Å². The Morgan fingerprint density at radius 1 is 1.06 bits per heavy atom. The Bertz CT molecular complexity index is 903. The number of thioether (sulfide) groups is 1. The second-order valence-electron chi connectivity index (χ2n) is 6.58. The van der Waals surface area contributed by atoms with Crippen LogP contribution in [0.1, 0.15) is 12.8 Å². The summed E-state index contributed by atoms with van der Waals surface area (Å²) in [5, 5.41) is 33.9. The molecule has 1 aromatic carbocycles. The van der Waals surface area contributed by atoms with E-state index < -0.39 is 63.3 Å². The molecule has 1 aromatic rings. The Morgan fingerprint density at radius 2 is 1.67 bits per heavy atom. The zero-order valence-electron chi connectivity index (χ0n) is 17.3. The van der Waals surface area contributed by atoms with Crippen LogP contribution in [0.25, 0.3) is 0 Å². The molecule has 1 rings (SSSR count). The van der Waals surface area contributed by atoms with Gasteiger partial charge in [0.15, 0.2) is 0 Å². The SMILES string of the molecule is C[As](O)c1ccc(Cl)c(NC(=O)CSCC(NC(=O)NC(CCC(=O)O)C(=O)O)C(=O)O)c1. The van der Waals surface area contributed by atoms with Crippen LogP contribution in [0.4, 0.5) is 10.5 Å². The first-order valence-corrected chi connectivity index (χ1v) is 14.4. The number of hydrogen-bond donors (Lipinski definition) is 7. The van der Waals surface area contributed by atoms with Crippen molar-refractivity contribution in [1.82, 2.24) is 10.6 Å². The molecule has 0 aliphatic carbocycles. The molecule has 3 unspecified atom stereocenters. The number of carboxylic acids is 3. The molecule has 0 saturated heterocycles. The average Bonchev–Trinajstić information content (AvgIpc) is 2.71. The van der Waals surface area contributed by atoms with Gasteiger partial charge in [0, 0.05) is 6.42 Å². The van der Waals surface area contributed by atoms with Crippen LogP contribution in [0.5, 0.6) is 0 Å². The Balaban J connectivity index is 2.59. The fourth-order valence-corrected chi connectivity index (χ4v) is 4.60. The third-order valence-corrected chi connectivity index (χ3v) is 7.49. The molecular formula is C18H23AsClN3O9S. The summed E-state index contributed by atoms with van der Waals surface area (Å²) in [5.74, 6) is -4.99. The van der Waals surface area contributed by atoms with Gasteiger partial charge in [-0.2, -0.15) is 0 Å². The molecule has 33 heavy (non-hydrogen) atoms. The summed E-state index contributed by atoms with van der Waals surface area (Å²) in [6.07, 6.45) is -0.886. The van der Waals surface area contributed by atoms with Crippen molar-refractivity contribution in [2.24, 2.45) is 0 Å². The molecule has 0 aliphatic heterocycles. The molecule has 0 heterocycles. The van der Waals surface area contributed by atoms with E-state index in [0.717, 1.165) is 11.8 Å². The Morgan fingerprint density at radius 3 is 2.21 bits per heavy atom. The number of hydrogen-bond acceptors (Lipinski definition) is 7. The Hall–Kier alpha value is -2.47. The van der Waals surface area contributed by atoms with Crippen molar-refractivity contribution >= 4 is 78.2 Å². The minimum absolute atomic E-state index is 0.170. The summed E-state index contributed by atoms with van der Waals surface area (Å²) >= 11 is 4.77. The molecule has 3 amide bonds. The first-order valence-electron chi connectivity index (χ1n) is 9.24. The summed E-state index contributed by atoms with van der Waals surface area (Å²) in [6, 6.07) is 0.726. The van der Waals surface area contributed by atoms with Crippen LogP contribution in [0.2, 0.25) is 10.7 Å². The number of urea groups is 1. The van der Waals surface area contributed by atoms with E-state index in [1.165, 1.54) is 0 Å². The van der Waals surface area contributed by atoms with Gasteiger partial charge in [-0.1, -0.05) is 0 Å². The van der Waals surface area contributed by atoms with Gasteiger partial charge in [0.25, 0.3) is 0 Å². The van der Waals surface area contributed by atoms with Crippen LogP contribution in [-0.2, 0) is 19.2 Å². The van der Waals surface area contributed by atoms with E-state index in [1.54, 1.807) is 23.9 Å². The van der Waals surface area contributed by atoms with Crippen LogP contribution in [-0.4, -0.2) is 87.8 Å². The molecular weight excluding hydrogens is 545 g/mol. The normalized spacial score (nSPS) is 13.3. The molecule has 0 aliphatic rings. The quantitative estimate of drug-likeness (QED) is 0.158. The van der Waals surface area contributed by atoms with Crippen molar-refractivity contribution in [3.05, 3.63) is 23.2 Å². The van der Waals surface area contributed by atoms with Crippen molar-refractivity contribution < 1.29 is 43.4 Å². The summed E-state index contributed by atoms with van der Waals surface area (Å²) < 4.78 is 10.5. The average molecular weight is 568 g/mol. The molecule has 182 valence electrons. The second-order valence-corrected chi connectivity index (χ2v) is 11.3. The second kappa shape index (κ2) is 13.9. The van der Waals surface area contributed by atoms with Crippen LogP contribution in [0, 0.1) is 0 Å². The van der Waals surface area contributed by atoms with Crippen LogP contribution < -0.4 is 20.3 Å². The molecule has 0 radical (unpaired) electrons. The number of carbonyl (C=O) groups is 5. The number of carboxylic acid groups (broad SMARTS) is 3. The molecule has 7 N–H and O–H groups in total. The number of amides is 3. The number of benzene rings is 1. The number of anilines is 1. The monoisotopic (exact) mass is 567 g/mol. The topological polar surface area (TPSA) is 202 Å². The van der Waals surface area contributed by atoms with Crippen LogP contribution in [0.3, 0.4) is 0 Å². The van der Waals surface area contributed by atoms with Gasteiger partial charge in [0.1, 0.15) is 6.04 Å². The molecule has 0 bridgehead atoms. The van der Waals surface area contributed by atoms with E-state index in [9.17, 15) is 33.2 Å². The van der Waals surface area contributed by atoms with Gasteiger partial charge in [0.05, 0.1) is 0 Å². The summed E-state index contributed by atoms with van der Waals surface area (Å²) in [6.45, 7) is 0. The fourth-order valence-electron chi connectivity index (χ4n) is 2.32. The standard InChI is InChI=1S/C18H23AsClN3O9S/c1-19(32)9-2-3-10(20)12(6-9)21-14(24)8-33-7-13(17(29)30)23-18(31)22-11(16(27)28)4-5-15(25)26/h2-3,6,11,13,32H,4-5,7-8H2,1H3,(H,21,24)(H,25,26)(H,27,28)(H,29,30)(H2,22,23,31). The summed E-state index contributed by atoms with van der Waals surface area (Å²) in [4.78, 5) is 57.2. The van der Waals surface area contributed by atoms with E-state index in [0.29, 0.717) is 10.0 Å². The molecule has 12 nitrogen and oxygen atoms in total. The van der Waals surface area contributed by atoms with Crippen molar-refractivity contribution in [3.8, 4) is 0 Å². The first kappa shape index (κ1) is 28.6. The fraction of sp³-hybridized carbons (Fsp3) is 0.389. The number of nitrogens with one attached hydrogen (secondary N) is 3. The van der Waals surface area contributed by atoms with Gasteiger partial charge >= 0.3 is 164 Å². The molecule has 0 aromatic heterocycles. The van der Waals surface area contributed by atoms with E-state index in [4.69, 9.17) is 21.8 Å². The predicted octanol–water partition coefficient (Wildman–Crippen LogP) is -0.0973. The maximum absolute atomic E-state index is 12.2. The number of aliphatic carboxylic acids is 3. The minimum atomic E-state index is -2.17. The van der Waals surface area contributed by atoms with Crippen molar-refractivity contribution in [1.29, 1.82) is 0 Å². The van der Waals surface area contributed by atoms with Gasteiger partial charge in [-0.15, -0.1) is 0 Å².